The molecule has 1 saturated carbocycles. The van der Waals surface area contributed by atoms with Crippen LogP contribution >= 0.6 is 0 Å². The molecule has 5 nitrogen and oxygen atoms in total. The quantitative estimate of drug-likeness (QED) is 0.0264. The summed E-state index contributed by atoms with van der Waals surface area (Å²) in [4.78, 5) is 39.3. The smallest absolute Gasteiger partial charge is 0.306 e. The standard InChI is InChI=1S/C72H116O5/c1-13-15-17-19-21-23-25-27-29-31-33-35-37-49-68(74)76-64-55-63(7)66(70(8,9)56-64)53-51-61(5)47-41-45-59(3)43-39-40-44-60(4)46-42-48-62(6)52-54-67(73)72(12)58-65(57-71(72,10)11)77-69(75)50-38-36-34-32-30-28-26-24-22-20-18-16-14-2/h39-48,51-54,64-65H,13-38,49-50,55-58H2,1-12H3/b40-39+,45-41+,46-42+,53-51+,54-52+,59-43+,60-44+,61-47+,62-48+/t64-,65+,72-/m1/s1. The van der Waals surface area contributed by atoms with Crippen LogP contribution < -0.4 is 0 Å². The third kappa shape index (κ3) is 30.8. The molecular formula is C72H116O5. The third-order valence-electron chi connectivity index (χ3n) is 16.7. The molecule has 0 heterocycles. The zero-order valence-corrected chi connectivity index (χ0v) is 51.9. The molecule has 0 bridgehead atoms. The monoisotopic (exact) mass is 1060 g/mol. The number of unbranched alkanes of at least 4 members (excludes halogenated alkanes) is 24. The molecule has 2 aliphatic rings. The van der Waals surface area contributed by atoms with Gasteiger partial charge in [-0.2, -0.15) is 0 Å². The van der Waals surface area contributed by atoms with Crippen molar-refractivity contribution >= 4 is 17.7 Å². The highest BCUT2D eigenvalue weighted by Crippen LogP contribution is 2.54. The van der Waals surface area contributed by atoms with Gasteiger partial charge in [0.2, 0.25) is 0 Å². The molecule has 0 aromatic rings. The average molecular weight is 1060 g/mol. The topological polar surface area (TPSA) is 69.7 Å². The van der Waals surface area contributed by atoms with E-state index in [1.807, 2.05) is 32.1 Å². The van der Waals surface area contributed by atoms with Gasteiger partial charge in [-0.1, -0.05) is 309 Å². The van der Waals surface area contributed by atoms with Gasteiger partial charge in [0.25, 0.3) is 0 Å². The van der Waals surface area contributed by atoms with E-state index in [0.29, 0.717) is 25.7 Å². The number of carbonyl (C=O) groups is 3. The van der Waals surface area contributed by atoms with Crippen molar-refractivity contribution in [3.8, 4) is 0 Å². The molecule has 0 unspecified atom stereocenters. The number of ketones is 1. The Bertz CT molecular complexity index is 2020. The van der Waals surface area contributed by atoms with Crippen LogP contribution in [0.4, 0.5) is 0 Å². The van der Waals surface area contributed by atoms with Gasteiger partial charge in [0.15, 0.2) is 5.78 Å². The summed E-state index contributed by atoms with van der Waals surface area (Å²) in [6.45, 7) is 25.9. The average Bonchev–Trinajstić information content (AvgIpc) is 3.60. The molecule has 0 radical (unpaired) electrons. The van der Waals surface area contributed by atoms with E-state index in [1.165, 1.54) is 158 Å². The van der Waals surface area contributed by atoms with Crippen molar-refractivity contribution in [1.82, 2.24) is 0 Å². The third-order valence-corrected chi connectivity index (χ3v) is 16.7. The van der Waals surface area contributed by atoms with Crippen molar-refractivity contribution in [2.45, 2.75) is 301 Å². The molecule has 0 N–H and O–H groups in total. The fourth-order valence-corrected chi connectivity index (χ4v) is 11.4. The summed E-state index contributed by atoms with van der Waals surface area (Å²) >= 11 is 0. The zero-order chi connectivity index (χ0) is 56.8. The summed E-state index contributed by atoms with van der Waals surface area (Å²) in [5.41, 5.74) is 6.17. The van der Waals surface area contributed by atoms with Gasteiger partial charge in [-0.15, -0.1) is 0 Å². The molecule has 0 aromatic carbocycles. The number of rotatable bonds is 41. The Balaban J connectivity index is 1.73. The Hall–Kier alpha value is -3.99. The molecule has 0 amide bonds. The highest BCUT2D eigenvalue weighted by Gasteiger charge is 2.54. The van der Waals surface area contributed by atoms with E-state index in [4.69, 9.17) is 9.47 Å². The van der Waals surface area contributed by atoms with E-state index < -0.39 is 5.41 Å². The van der Waals surface area contributed by atoms with Crippen LogP contribution in [-0.2, 0) is 23.9 Å². The summed E-state index contributed by atoms with van der Waals surface area (Å²) in [6, 6.07) is 0. The van der Waals surface area contributed by atoms with Crippen LogP contribution in [0.15, 0.2) is 119 Å². The number of hydrogen-bond donors (Lipinski definition) is 0. The molecular weight excluding hydrogens is 945 g/mol. The van der Waals surface area contributed by atoms with Gasteiger partial charge in [-0.3, -0.25) is 14.4 Å². The van der Waals surface area contributed by atoms with E-state index >= 15 is 0 Å². The van der Waals surface area contributed by atoms with E-state index in [1.54, 1.807) is 6.08 Å². The molecule has 1 fully saturated rings. The van der Waals surface area contributed by atoms with Crippen LogP contribution in [0.2, 0.25) is 0 Å². The van der Waals surface area contributed by atoms with Crippen LogP contribution in [-0.4, -0.2) is 29.9 Å². The van der Waals surface area contributed by atoms with Gasteiger partial charge in [-0.25, -0.2) is 0 Å². The molecule has 0 aromatic heterocycles. The molecule has 0 aliphatic heterocycles. The Morgan fingerprint density at radius 1 is 0.442 bits per heavy atom. The first-order valence-electron chi connectivity index (χ1n) is 31.5. The number of allylic oxidation sites excluding steroid dienone is 19. The minimum Gasteiger partial charge on any atom is -0.462 e. The van der Waals surface area contributed by atoms with Gasteiger partial charge in [0, 0.05) is 24.7 Å². The summed E-state index contributed by atoms with van der Waals surface area (Å²) < 4.78 is 12.0. The van der Waals surface area contributed by atoms with E-state index in [2.05, 4.69) is 130 Å². The van der Waals surface area contributed by atoms with Crippen molar-refractivity contribution in [3.63, 3.8) is 0 Å². The Morgan fingerprint density at radius 2 is 0.805 bits per heavy atom. The molecule has 5 heteroatoms. The number of carbonyl (C=O) groups excluding carboxylic acids is 3. The van der Waals surface area contributed by atoms with E-state index in [-0.39, 0.29) is 40.8 Å². The lowest BCUT2D eigenvalue weighted by molar-refractivity contribution is -0.151. The van der Waals surface area contributed by atoms with Crippen LogP contribution in [0.25, 0.3) is 0 Å². The van der Waals surface area contributed by atoms with Crippen molar-refractivity contribution in [1.29, 1.82) is 0 Å². The van der Waals surface area contributed by atoms with Crippen molar-refractivity contribution in [2.24, 2.45) is 16.2 Å². The predicted molar refractivity (Wildman–Crippen MR) is 333 cm³/mol. The van der Waals surface area contributed by atoms with E-state index in [0.717, 1.165) is 55.2 Å². The molecule has 434 valence electrons. The Labute approximate surface area is 474 Å². The molecule has 77 heavy (non-hydrogen) atoms. The maximum atomic E-state index is 13.7. The lowest BCUT2D eigenvalue weighted by Crippen LogP contribution is -2.36. The number of ether oxygens (including phenoxy) is 2. The minimum atomic E-state index is -0.594. The minimum absolute atomic E-state index is 0.0325. The van der Waals surface area contributed by atoms with Crippen molar-refractivity contribution < 1.29 is 23.9 Å². The fraction of sp³-hybridized carbons (Fsp3) is 0.681. The number of hydrogen-bond acceptors (Lipinski definition) is 5. The molecule has 3 atom stereocenters. The SMILES string of the molecule is CCCCCCCCCCCCCCCC(=O)O[C@@H]1CC(C)=C(/C=C/C(C)=C/C=C/C(C)=C/C=C/C=C(C)/C=C/C=C(C)/C=C/C(=O)[C@@]2(C)C[C@@H](OC(=O)CCCCCCCCCCCCCCC)CC2(C)C)C(C)(C)C1. The van der Waals surface area contributed by atoms with Gasteiger partial charge in [-0.05, 0) is 89.2 Å². The highest BCUT2D eigenvalue weighted by molar-refractivity contribution is 5.96. The Kier molecular flexibility index (Phi) is 36.1. The van der Waals surface area contributed by atoms with Crippen LogP contribution in [0.3, 0.4) is 0 Å². The van der Waals surface area contributed by atoms with Crippen molar-refractivity contribution in [2.75, 3.05) is 0 Å². The molecule has 0 saturated heterocycles. The van der Waals surface area contributed by atoms with Gasteiger partial charge >= 0.3 is 11.9 Å². The summed E-state index contributed by atoms with van der Waals surface area (Å²) in [5.74, 6) is -0.0581. The van der Waals surface area contributed by atoms with Crippen molar-refractivity contribution in [3.05, 3.63) is 119 Å². The predicted octanol–water partition coefficient (Wildman–Crippen LogP) is 21.9. The van der Waals surface area contributed by atoms with Gasteiger partial charge in [0.05, 0.1) is 0 Å². The molecule has 2 rings (SSSR count). The first kappa shape index (κ1) is 69.1. The molecule has 2 aliphatic carbocycles. The molecule has 0 spiro atoms. The highest BCUT2D eigenvalue weighted by atomic mass is 16.5. The second-order valence-corrected chi connectivity index (χ2v) is 25.1. The van der Waals surface area contributed by atoms with E-state index in [9.17, 15) is 14.4 Å². The first-order valence-corrected chi connectivity index (χ1v) is 31.5. The van der Waals surface area contributed by atoms with Crippen LogP contribution in [0, 0.1) is 16.2 Å². The second kappa shape index (κ2) is 40.2. The fourth-order valence-electron chi connectivity index (χ4n) is 11.4. The zero-order valence-electron chi connectivity index (χ0n) is 51.9. The maximum Gasteiger partial charge on any atom is 0.306 e. The summed E-state index contributed by atoms with van der Waals surface area (Å²) in [5, 5.41) is 0. The van der Waals surface area contributed by atoms with Crippen LogP contribution in [0.1, 0.15) is 289 Å². The lowest BCUT2D eigenvalue weighted by Gasteiger charge is -2.37. The summed E-state index contributed by atoms with van der Waals surface area (Å²) in [7, 11) is 0. The van der Waals surface area contributed by atoms with Gasteiger partial charge < -0.3 is 9.47 Å². The maximum absolute atomic E-state index is 13.7. The lowest BCUT2D eigenvalue weighted by atomic mass is 9.66. The normalized spacial score (nSPS) is 20.6. The Morgan fingerprint density at radius 3 is 1.22 bits per heavy atom. The van der Waals surface area contributed by atoms with Gasteiger partial charge in [0.1, 0.15) is 12.2 Å². The second-order valence-electron chi connectivity index (χ2n) is 25.1. The first-order chi connectivity index (χ1) is 36.8. The number of esters is 2. The summed E-state index contributed by atoms with van der Waals surface area (Å²) in [6.07, 6.45) is 66.1. The largest absolute Gasteiger partial charge is 0.462 e. The van der Waals surface area contributed by atoms with Crippen LogP contribution in [0.5, 0.6) is 0 Å².